The number of carbonyl (C=O) groups excluding carboxylic acids is 1. The van der Waals surface area contributed by atoms with Gasteiger partial charge in [-0.2, -0.15) is 0 Å². The van der Waals surface area contributed by atoms with Crippen molar-refractivity contribution in [3.8, 4) is 0 Å². The molecule has 1 amide bonds. The van der Waals surface area contributed by atoms with Crippen LogP contribution in [-0.2, 0) is 6.54 Å². The molecule has 0 bridgehead atoms. The number of hydrogen-bond acceptors (Lipinski definition) is 5. The Labute approximate surface area is 268 Å². The van der Waals surface area contributed by atoms with Gasteiger partial charge in [-0.05, 0) is 80.0 Å². The van der Waals surface area contributed by atoms with Gasteiger partial charge >= 0.3 is 0 Å². The Morgan fingerprint density at radius 2 is 1.75 bits per heavy atom. The minimum Gasteiger partial charge on any atom is -0.467 e. The van der Waals surface area contributed by atoms with E-state index in [-0.39, 0.29) is 11.8 Å². The summed E-state index contributed by atoms with van der Waals surface area (Å²) in [6.45, 7) is 5.88. The number of rotatable bonds is 10. The van der Waals surface area contributed by atoms with Crippen LogP contribution in [0.1, 0.15) is 40.4 Å². The normalized spacial score (nSPS) is 14.9. The Morgan fingerprint density at radius 3 is 2.55 bits per heavy atom. The van der Waals surface area contributed by atoms with Crippen LogP contribution < -0.4 is 4.90 Å². The number of anilines is 1. The molecule has 0 radical (unpaired) electrons. The lowest BCUT2D eigenvalue weighted by Crippen LogP contribution is -2.35. The van der Waals surface area contributed by atoms with E-state index in [1.165, 1.54) is 0 Å². The van der Waals surface area contributed by atoms with Crippen LogP contribution in [0.3, 0.4) is 0 Å². The topological polar surface area (TPSA) is 57.8 Å². The van der Waals surface area contributed by atoms with Crippen LogP contribution in [-0.4, -0.2) is 71.6 Å². The van der Waals surface area contributed by atoms with Crippen molar-refractivity contribution in [1.82, 2.24) is 19.4 Å². The molecule has 1 unspecified atom stereocenters. The van der Waals surface area contributed by atoms with Crippen LogP contribution in [0.5, 0.6) is 0 Å². The molecule has 5 aromatic rings. The van der Waals surface area contributed by atoms with Gasteiger partial charge in [0.25, 0.3) is 5.91 Å². The number of benzene rings is 3. The molecule has 2 aromatic heterocycles. The van der Waals surface area contributed by atoms with E-state index in [1.54, 1.807) is 6.26 Å². The van der Waals surface area contributed by atoms with E-state index in [0.717, 1.165) is 73.9 Å². The average Bonchev–Trinajstić information content (AvgIpc) is 3.63. The van der Waals surface area contributed by atoms with Crippen molar-refractivity contribution < 1.29 is 9.21 Å². The molecule has 3 heterocycles. The lowest BCUT2D eigenvalue weighted by Gasteiger charge is -2.28. The van der Waals surface area contributed by atoms with Gasteiger partial charge in [0.15, 0.2) is 0 Å². The van der Waals surface area contributed by atoms with Crippen LogP contribution >= 0.6 is 23.2 Å². The number of aromatic nitrogens is 2. The molecule has 1 saturated heterocycles. The Bertz CT molecular complexity index is 1690. The highest BCUT2D eigenvalue weighted by Crippen LogP contribution is 2.30. The maximum absolute atomic E-state index is 13.2. The van der Waals surface area contributed by atoms with Gasteiger partial charge in [-0.3, -0.25) is 4.79 Å². The van der Waals surface area contributed by atoms with Crippen molar-refractivity contribution in [3.63, 3.8) is 0 Å². The predicted molar refractivity (Wildman–Crippen MR) is 178 cm³/mol. The van der Waals surface area contributed by atoms with Gasteiger partial charge in [-0.1, -0.05) is 59.6 Å². The molecular weight excluding hydrogens is 593 g/mol. The van der Waals surface area contributed by atoms with Crippen LogP contribution in [0.2, 0.25) is 10.0 Å². The lowest BCUT2D eigenvalue weighted by molar-refractivity contribution is 0.0782. The molecule has 228 valence electrons. The predicted octanol–water partition coefficient (Wildman–Crippen LogP) is 7.44. The highest BCUT2D eigenvalue weighted by molar-refractivity contribution is 6.42. The maximum atomic E-state index is 13.2. The molecule has 3 aromatic carbocycles. The number of imidazole rings is 1. The van der Waals surface area contributed by atoms with E-state index < -0.39 is 0 Å². The third kappa shape index (κ3) is 6.96. The first kappa shape index (κ1) is 30.3. The van der Waals surface area contributed by atoms with E-state index in [4.69, 9.17) is 32.6 Å². The van der Waals surface area contributed by atoms with Crippen molar-refractivity contribution in [1.29, 1.82) is 0 Å². The van der Waals surface area contributed by atoms with Gasteiger partial charge in [-0.25, -0.2) is 4.98 Å². The van der Waals surface area contributed by atoms with Crippen LogP contribution in [0.4, 0.5) is 5.95 Å². The van der Waals surface area contributed by atoms with E-state index in [1.807, 2.05) is 78.7 Å². The van der Waals surface area contributed by atoms with Crippen molar-refractivity contribution in [2.45, 2.75) is 25.3 Å². The molecule has 0 spiro atoms. The molecule has 0 aliphatic carbocycles. The largest absolute Gasteiger partial charge is 0.467 e. The molecule has 1 aliphatic heterocycles. The Kier molecular flexibility index (Phi) is 9.55. The monoisotopic (exact) mass is 629 g/mol. The first-order valence-corrected chi connectivity index (χ1v) is 15.9. The summed E-state index contributed by atoms with van der Waals surface area (Å²) in [5.41, 5.74) is 3.89. The smallest absolute Gasteiger partial charge is 0.253 e. The third-order valence-corrected chi connectivity index (χ3v) is 9.21. The SMILES string of the molecule is CN(CC(CCN1CCCN(c2nc3ccccc3n2Cc2ccco2)CC1)c1ccc(Cl)c(Cl)c1)C(=O)c1ccccc1. The minimum absolute atomic E-state index is 0.0125. The van der Waals surface area contributed by atoms with E-state index >= 15 is 0 Å². The Balaban J connectivity index is 1.15. The maximum Gasteiger partial charge on any atom is 0.253 e. The van der Waals surface area contributed by atoms with E-state index in [9.17, 15) is 4.79 Å². The fourth-order valence-corrected chi connectivity index (χ4v) is 6.40. The van der Waals surface area contributed by atoms with Gasteiger partial charge in [-0.15, -0.1) is 0 Å². The zero-order valence-corrected chi connectivity index (χ0v) is 26.4. The number of amides is 1. The third-order valence-electron chi connectivity index (χ3n) is 8.47. The van der Waals surface area contributed by atoms with Gasteiger partial charge in [0, 0.05) is 44.7 Å². The summed E-state index contributed by atoms with van der Waals surface area (Å²) >= 11 is 12.7. The summed E-state index contributed by atoms with van der Waals surface area (Å²) in [5.74, 6) is 2.02. The molecule has 44 heavy (non-hydrogen) atoms. The highest BCUT2D eigenvalue weighted by atomic mass is 35.5. The standard InChI is InChI=1S/C35H37Cl2N5O2/c1-39(34(43)26-9-3-2-4-10-26)24-28(27-14-15-30(36)31(37)23-27)16-19-40-17-8-18-41(21-20-40)35-38-32-12-5-6-13-33(32)42(35)25-29-11-7-22-44-29/h2-7,9-15,22-23,28H,8,16-21,24-25H2,1H3. The highest BCUT2D eigenvalue weighted by Gasteiger charge is 2.24. The van der Waals surface area contributed by atoms with Crippen molar-refractivity contribution >= 4 is 46.1 Å². The number of carbonyl (C=O) groups is 1. The molecule has 6 rings (SSSR count). The second-order valence-corrected chi connectivity index (χ2v) is 12.3. The van der Waals surface area contributed by atoms with Crippen molar-refractivity contribution in [2.75, 3.05) is 51.2 Å². The molecular formula is C35H37Cl2N5O2. The second-order valence-electron chi connectivity index (χ2n) is 11.5. The summed E-state index contributed by atoms with van der Waals surface area (Å²) in [6, 6.07) is 27.5. The minimum atomic E-state index is 0.0125. The van der Waals surface area contributed by atoms with Crippen LogP contribution in [0.25, 0.3) is 11.0 Å². The molecule has 1 aliphatic rings. The number of fused-ring (bicyclic) bond motifs is 1. The number of halogens is 2. The quantitative estimate of drug-likeness (QED) is 0.161. The number of para-hydroxylation sites is 2. The summed E-state index contributed by atoms with van der Waals surface area (Å²) in [5, 5.41) is 1.07. The summed E-state index contributed by atoms with van der Waals surface area (Å²) in [4.78, 5) is 25.0. The van der Waals surface area contributed by atoms with Gasteiger partial charge in [0.05, 0.1) is 33.9 Å². The number of furan rings is 1. The second kappa shape index (κ2) is 13.9. The molecule has 1 atom stereocenters. The van der Waals surface area contributed by atoms with Crippen molar-refractivity contribution in [3.05, 3.63) is 118 Å². The van der Waals surface area contributed by atoms with Crippen LogP contribution in [0.15, 0.2) is 95.6 Å². The van der Waals surface area contributed by atoms with E-state index in [2.05, 4.69) is 32.6 Å². The van der Waals surface area contributed by atoms with Gasteiger partial charge < -0.3 is 23.7 Å². The molecule has 1 fully saturated rings. The first-order valence-electron chi connectivity index (χ1n) is 15.2. The average molecular weight is 631 g/mol. The van der Waals surface area contributed by atoms with Crippen LogP contribution in [0, 0.1) is 0 Å². The lowest BCUT2D eigenvalue weighted by atomic mass is 9.94. The molecule has 9 heteroatoms. The van der Waals surface area contributed by atoms with Gasteiger partial charge in [0.2, 0.25) is 5.95 Å². The Hall–Kier alpha value is -3.78. The van der Waals surface area contributed by atoms with E-state index in [0.29, 0.717) is 28.7 Å². The molecule has 0 N–H and O–H groups in total. The number of nitrogens with zero attached hydrogens (tertiary/aromatic N) is 5. The summed E-state index contributed by atoms with van der Waals surface area (Å²) in [7, 11) is 1.87. The zero-order valence-electron chi connectivity index (χ0n) is 24.9. The molecule has 7 nitrogen and oxygen atoms in total. The zero-order chi connectivity index (χ0) is 30.5. The van der Waals surface area contributed by atoms with Gasteiger partial charge in [0.1, 0.15) is 5.76 Å². The first-order chi connectivity index (χ1) is 21.5. The van der Waals surface area contributed by atoms with Crippen molar-refractivity contribution in [2.24, 2.45) is 0 Å². The Morgan fingerprint density at radius 1 is 0.932 bits per heavy atom. The summed E-state index contributed by atoms with van der Waals surface area (Å²) in [6.07, 6.45) is 3.65. The number of hydrogen-bond donors (Lipinski definition) is 0. The summed E-state index contributed by atoms with van der Waals surface area (Å²) < 4.78 is 7.96. The molecule has 0 saturated carbocycles. The fourth-order valence-electron chi connectivity index (χ4n) is 6.10. The number of likely N-dealkylation sites (N-methyl/N-ethyl adjacent to an activating group) is 1. The fraction of sp³-hybridized carbons (Fsp3) is 0.314.